The van der Waals surface area contributed by atoms with Gasteiger partial charge in [0.05, 0.1) is 19.3 Å². The SMILES string of the molecule is CCCC(C)(C)CC(C)(CC)COCC(O)CNc1cccc(N)c1. The predicted octanol–water partition coefficient (Wildman–Crippen LogP) is 4.69. The van der Waals surface area contributed by atoms with Crippen LogP contribution in [0, 0.1) is 10.8 Å². The van der Waals surface area contributed by atoms with Gasteiger partial charge in [0.1, 0.15) is 0 Å². The van der Waals surface area contributed by atoms with Crippen molar-refractivity contribution in [2.45, 2.75) is 66.4 Å². The minimum atomic E-state index is -0.536. The van der Waals surface area contributed by atoms with E-state index in [0.717, 1.165) is 18.5 Å². The molecule has 0 fully saturated rings. The highest BCUT2D eigenvalue weighted by atomic mass is 16.5. The Morgan fingerprint density at radius 2 is 1.96 bits per heavy atom. The van der Waals surface area contributed by atoms with Crippen molar-refractivity contribution in [1.29, 1.82) is 0 Å². The number of benzene rings is 1. The molecule has 4 nitrogen and oxygen atoms in total. The summed E-state index contributed by atoms with van der Waals surface area (Å²) in [4.78, 5) is 0. The molecule has 1 aromatic carbocycles. The number of aliphatic hydroxyl groups is 1. The first-order chi connectivity index (χ1) is 11.7. The summed E-state index contributed by atoms with van der Waals surface area (Å²) in [6.45, 7) is 12.9. The number of nitrogen functional groups attached to an aromatic ring is 1. The molecule has 0 saturated carbocycles. The number of aliphatic hydroxyl groups excluding tert-OH is 1. The van der Waals surface area contributed by atoms with Crippen LogP contribution in [0.1, 0.15) is 60.3 Å². The van der Waals surface area contributed by atoms with Gasteiger partial charge < -0.3 is 20.9 Å². The van der Waals surface area contributed by atoms with E-state index in [-0.39, 0.29) is 5.41 Å². The lowest BCUT2D eigenvalue weighted by Gasteiger charge is -2.37. The molecule has 144 valence electrons. The fourth-order valence-electron chi connectivity index (χ4n) is 3.58. The first-order valence-electron chi connectivity index (χ1n) is 9.55. The van der Waals surface area contributed by atoms with Gasteiger partial charge >= 0.3 is 0 Å². The van der Waals surface area contributed by atoms with Gasteiger partial charge in [-0.15, -0.1) is 0 Å². The number of ether oxygens (including phenoxy) is 1. The second-order valence-corrected chi connectivity index (χ2v) is 8.43. The van der Waals surface area contributed by atoms with Gasteiger partial charge in [0.25, 0.3) is 0 Å². The van der Waals surface area contributed by atoms with Crippen molar-refractivity contribution in [3.05, 3.63) is 24.3 Å². The van der Waals surface area contributed by atoms with Crippen molar-refractivity contribution in [2.24, 2.45) is 10.8 Å². The zero-order valence-corrected chi connectivity index (χ0v) is 16.8. The van der Waals surface area contributed by atoms with E-state index in [1.54, 1.807) is 0 Å². The molecule has 25 heavy (non-hydrogen) atoms. The highest BCUT2D eigenvalue weighted by Gasteiger charge is 2.31. The Balaban J connectivity index is 2.37. The summed E-state index contributed by atoms with van der Waals surface area (Å²) in [6.07, 6.45) is 4.13. The Morgan fingerprint density at radius 1 is 1.24 bits per heavy atom. The second kappa shape index (κ2) is 10.0. The Labute approximate surface area is 154 Å². The van der Waals surface area contributed by atoms with Gasteiger partial charge in [-0.1, -0.05) is 47.1 Å². The summed E-state index contributed by atoms with van der Waals surface area (Å²) in [5.74, 6) is 0. The quantitative estimate of drug-likeness (QED) is 0.478. The molecule has 4 heteroatoms. The van der Waals surface area contributed by atoms with Crippen LogP contribution in [-0.2, 0) is 4.74 Å². The fraction of sp³-hybridized carbons (Fsp3) is 0.714. The Bertz CT molecular complexity index is 504. The van der Waals surface area contributed by atoms with Crippen LogP contribution in [0.3, 0.4) is 0 Å². The largest absolute Gasteiger partial charge is 0.399 e. The molecule has 0 bridgehead atoms. The van der Waals surface area contributed by atoms with Crippen LogP contribution in [0.4, 0.5) is 11.4 Å². The van der Waals surface area contributed by atoms with Crippen LogP contribution in [0.25, 0.3) is 0 Å². The molecular weight excluding hydrogens is 312 g/mol. The molecule has 0 amide bonds. The molecule has 0 aliphatic heterocycles. The minimum absolute atomic E-state index is 0.152. The average molecular weight is 351 g/mol. The lowest BCUT2D eigenvalue weighted by molar-refractivity contribution is -0.0149. The maximum Gasteiger partial charge on any atom is 0.0945 e. The third-order valence-corrected chi connectivity index (χ3v) is 4.87. The number of hydrogen-bond acceptors (Lipinski definition) is 4. The molecule has 0 radical (unpaired) electrons. The van der Waals surface area contributed by atoms with Crippen LogP contribution in [0.5, 0.6) is 0 Å². The number of anilines is 2. The van der Waals surface area contributed by atoms with Crippen molar-refractivity contribution in [3.63, 3.8) is 0 Å². The summed E-state index contributed by atoms with van der Waals surface area (Å²) in [6, 6.07) is 7.53. The van der Waals surface area contributed by atoms with Crippen molar-refractivity contribution in [1.82, 2.24) is 0 Å². The van der Waals surface area contributed by atoms with Crippen molar-refractivity contribution < 1.29 is 9.84 Å². The number of nitrogens with one attached hydrogen (secondary N) is 1. The van der Waals surface area contributed by atoms with E-state index in [9.17, 15) is 5.11 Å². The van der Waals surface area contributed by atoms with Gasteiger partial charge in [-0.25, -0.2) is 0 Å². The standard InChI is InChI=1S/C21H38N2O2/c1-6-11-20(3,4)15-21(5,7-2)16-25-14-19(24)13-23-18-10-8-9-17(22)12-18/h8-10,12,19,23-24H,6-7,11,13-16,22H2,1-5H3. The van der Waals surface area contributed by atoms with Crippen LogP contribution in [0.15, 0.2) is 24.3 Å². The predicted molar refractivity (Wildman–Crippen MR) is 108 cm³/mol. The highest BCUT2D eigenvalue weighted by molar-refractivity contribution is 5.54. The molecule has 0 aliphatic carbocycles. The highest BCUT2D eigenvalue weighted by Crippen LogP contribution is 2.39. The summed E-state index contributed by atoms with van der Waals surface area (Å²) in [7, 11) is 0. The molecule has 1 rings (SSSR count). The van der Waals surface area contributed by atoms with Gasteiger partial charge in [-0.2, -0.15) is 0 Å². The fourth-order valence-corrected chi connectivity index (χ4v) is 3.58. The third-order valence-electron chi connectivity index (χ3n) is 4.87. The van der Waals surface area contributed by atoms with Gasteiger partial charge in [0.2, 0.25) is 0 Å². The van der Waals surface area contributed by atoms with Crippen LogP contribution in [-0.4, -0.2) is 31.0 Å². The number of hydrogen-bond donors (Lipinski definition) is 3. The molecule has 0 aromatic heterocycles. The number of nitrogens with two attached hydrogens (primary N) is 1. The molecule has 0 heterocycles. The molecule has 0 saturated heterocycles. The van der Waals surface area contributed by atoms with E-state index in [2.05, 4.69) is 39.9 Å². The lowest BCUT2D eigenvalue weighted by atomic mass is 9.71. The van der Waals surface area contributed by atoms with Gasteiger partial charge in [-0.3, -0.25) is 0 Å². The van der Waals surface area contributed by atoms with Crippen molar-refractivity contribution in [2.75, 3.05) is 30.8 Å². The van der Waals surface area contributed by atoms with Crippen molar-refractivity contribution in [3.8, 4) is 0 Å². The molecule has 2 unspecified atom stereocenters. The first kappa shape index (κ1) is 21.8. The summed E-state index contributed by atoms with van der Waals surface area (Å²) >= 11 is 0. The van der Waals surface area contributed by atoms with E-state index in [4.69, 9.17) is 10.5 Å². The van der Waals surface area contributed by atoms with E-state index in [1.807, 2.05) is 24.3 Å². The molecule has 0 spiro atoms. The zero-order valence-electron chi connectivity index (χ0n) is 16.8. The van der Waals surface area contributed by atoms with Crippen LogP contribution in [0.2, 0.25) is 0 Å². The monoisotopic (exact) mass is 350 g/mol. The average Bonchev–Trinajstić information content (AvgIpc) is 2.52. The van der Waals surface area contributed by atoms with Crippen LogP contribution >= 0.6 is 0 Å². The smallest absolute Gasteiger partial charge is 0.0945 e. The molecule has 1 aromatic rings. The lowest BCUT2D eigenvalue weighted by Crippen LogP contribution is -2.32. The zero-order chi connectivity index (χ0) is 18.9. The summed E-state index contributed by atoms with van der Waals surface area (Å²) < 4.78 is 5.87. The molecular formula is C21H38N2O2. The molecule has 2 atom stereocenters. The maximum absolute atomic E-state index is 10.1. The Hall–Kier alpha value is -1.26. The maximum atomic E-state index is 10.1. The van der Waals surface area contributed by atoms with Crippen molar-refractivity contribution >= 4 is 11.4 Å². The topological polar surface area (TPSA) is 67.5 Å². The van der Waals surface area contributed by atoms with Gasteiger partial charge in [-0.05, 0) is 48.3 Å². The van der Waals surface area contributed by atoms with E-state index >= 15 is 0 Å². The van der Waals surface area contributed by atoms with Gasteiger partial charge in [0, 0.05) is 17.9 Å². The normalized spacial score (nSPS) is 15.6. The van der Waals surface area contributed by atoms with E-state index in [0.29, 0.717) is 30.9 Å². The third kappa shape index (κ3) is 8.59. The first-order valence-corrected chi connectivity index (χ1v) is 9.55. The molecule has 4 N–H and O–H groups in total. The van der Waals surface area contributed by atoms with Gasteiger partial charge in [0.15, 0.2) is 0 Å². The summed E-state index contributed by atoms with van der Waals surface area (Å²) in [5.41, 5.74) is 7.86. The van der Waals surface area contributed by atoms with Crippen LogP contribution < -0.4 is 11.1 Å². The van der Waals surface area contributed by atoms with E-state index in [1.165, 1.54) is 12.8 Å². The van der Waals surface area contributed by atoms with E-state index < -0.39 is 6.10 Å². The number of rotatable bonds is 12. The Morgan fingerprint density at radius 3 is 2.56 bits per heavy atom. The minimum Gasteiger partial charge on any atom is -0.399 e. The molecule has 0 aliphatic rings. The Kier molecular flexibility index (Phi) is 8.74. The second-order valence-electron chi connectivity index (χ2n) is 8.43. The summed E-state index contributed by atoms with van der Waals surface area (Å²) in [5, 5.41) is 13.3.